The van der Waals surface area contributed by atoms with Crippen LogP contribution in [0.25, 0.3) is 11.4 Å². The van der Waals surface area contributed by atoms with Crippen LogP contribution < -0.4 is 4.90 Å². The van der Waals surface area contributed by atoms with E-state index >= 15 is 0 Å². The molecule has 2 rings (SSSR count). The maximum absolute atomic E-state index is 6.00. The molecule has 0 fully saturated rings. The fraction of sp³-hybridized carbons (Fsp3) is 0.167. The maximum Gasteiger partial charge on any atom is 0.162 e. The Morgan fingerprint density at radius 3 is 1.94 bits per heavy atom. The first-order valence-electron chi connectivity index (χ1n) is 5.15. The third-order valence-corrected chi connectivity index (χ3v) is 4.62. The first kappa shape index (κ1) is 13.8. The van der Waals surface area contributed by atoms with E-state index in [9.17, 15) is 0 Å². The predicted octanol–water partition coefficient (Wildman–Crippen LogP) is 4.12. The zero-order valence-corrected chi connectivity index (χ0v) is 13.5. The van der Waals surface area contributed by atoms with Gasteiger partial charge in [-0.1, -0.05) is 23.2 Å². The van der Waals surface area contributed by atoms with Crippen LogP contribution in [-0.2, 0) is 0 Å². The molecule has 0 aliphatic rings. The zero-order chi connectivity index (χ0) is 13.3. The van der Waals surface area contributed by atoms with E-state index in [1.807, 2.05) is 65.9 Å². The van der Waals surface area contributed by atoms with E-state index in [1.54, 1.807) is 0 Å². The van der Waals surface area contributed by atoms with Gasteiger partial charge in [-0.3, -0.25) is 0 Å². The summed E-state index contributed by atoms with van der Waals surface area (Å²) in [4.78, 5) is 10.5. The Morgan fingerprint density at radius 1 is 1.00 bits per heavy atom. The first-order valence-corrected chi connectivity index (χ1v) is 6.99. The van der Waals surface area contributed by atoms with Crippen LogP contribution in [0.15, 0.2) is 24.3 Å². The summed E-state index contributed by atoms with van der Waals surface area (Å²) in [6.07, 6.45) is 0. The van der Waals surface area contributed by atoms with E-state index in [-0.39, 0.29) is 0 Å². The molecular formula is C12H10Cl2IN3. The van der Waals surface area contributed by atoms with Gasteiger partial charge in [-0.2, -0.15) is 0 Å². The lowest BCUT2D eigenvalue weighted by molar-refractivity contribution is 1.13. The van der Waals surface area contributed by atoms with Gasteiger partial charge in [0.25, 0.3) is 0 Å². The highest BCUT2D eigenvalue weighted by atomic mass is 127. The van der Waals surface area contributed by atoms with Crippen molar-refractivity contribution in [2.45, 2.75) is 0 Å². The second-order valence-corrected chi connectivity index (χ2v) is 5.68. The Hall–Kier alpha value is -0.590. The number of nitrogens with zero attached hydrogens (tertiary/aromatic N) is 3. The van der Waals surface area contributed by atoms with Gasteiger partial charge in [0, 0.05) is 25.3 Å². The maximum atomic E-state index is 6.00. The van der Waals surface area contributed by atoms with Crippen LogP contribution in [0.2, 0.25) is 10.3 Å². The summed E-state index contributed by atoms with van der Waals surface area (Å²) in [6, 6.07) is 7.89. The van der Waals surface area contributed by atoms with Gasteiger partial charge < -0.3 is 4.90 Å². The molecule has 0 radical (unpaired) electrons. The van der Waals surface area contributed by atoms with Gasteiger partial charge in [-0.25, -0.2) is 9.97 Å². The van der Waals surface area contributed by atoms with Crippen LogP contribution >= 0.6 is 45.8 Å². The minimum atomic E-state index is 0.377. The quantitative estimate of drug-likeness (QED) is 0.567. The van der Waals surface area contributed by atoms with Crippen molar-refractivity contribution in [3.8, 4) is 11.4 Å². The summed E-state index contributed by atoms with van der Waals surface area (Å²) in [5.74, 6) is 0.538. The van der Waals surface area contributed by atoms with Gasteiger partial charge in [0.15, 0.2) is 5.82 Å². The van der Waals surface area contributed by atoms with Crippen LogP contribution in [0.5, 0.6) is 0 Å². The van der Waals surface area contributed by atoms with Crippen molar-refractivity contribution >= 4 is 51.5 Å². The van der Waals surface area contributed by atoms with Gasteiger partial charge in [0.05, 0.1) is 3.57 Å². The highest BCUT2D eigenvalue weighted by molar-refractivity contribution is 14.1. The number of rotatable bonds is 2. The summed E-state index contributed by atoms with van der Waals surface area (Å²) in [6.45, 7) is 0. The third-order valence-electron chi connectivity index (χ3n) is 2.41. The Morgan fingerprint density at radius 2 is 1.50 bits per heavy atom. The Kier molecular flexibility index (Phi) is 4.29. The van der Waals surface area contributed by atoms with Crippen LogP contribution in [0, 0.1) is 3.57 Å². The minimum Gasteiger partial charge on any atom is -0.378 e. The Bertz CT molecular complexity index is 547. The molecule has 0 aliphatic carbocycles. The molecule has 2 aromatic rings. The summed E-state index contributed by atoms with van der Waals surface area (Å²) in [5.41, 5.74) is 2.00. The van der Waals surface area contributed by atoms with E-state index in [2.05, 4.69) is 9.97 Å². The van der Waals surface area contributed by atoms with Crippen molar-refractivity contribution in [3.63, 3.8) is 0 Å². The molecule has 0 atom stereocenters. The molecule has 6 heteroatoms. The fourth-order valence-electron chi connectivity index (χ4n) is 1.43. The SMILES string of the molecule is CN(C)c1ccc(-c2nc(Cl)c(I)c(Cl)n2)cc1. The summed E-state index contributed by atoms with van der Waals surface area (Å²) in [7, 11) is 3.98. The number of halogens is 3. The van der Waals surface area contributed by atoms with Gasteiger partial charge in [-0.15, -0.1) is 0 Å². The van der Waals surface area contributed by atoms with E-state index in [0.717, 1.165) is 11.3 Å². The topological polar surface area (TPSA) is 29.0 Å². The van der Waals surface area contributed by atoms with Gasteiger partial charge in [0.2, 0.25) is 0 Å². The van der Waals surface area contributed by atoms with E-state index < -0.39 is 0 Å². The standard InChI is InChI=1S/C12H10Cl2IN3/c1-18(2)8-5-3-7(4-6-8)12-16-10(13)9(15)11(14)17-12/h3-6H,1-2H3. The van der Waals surface area contributed by atoms with Crippen molar-refractivity contribution in [3.05, 3.63) is 38.1 Å². The number of aromatic nitrogens is 2. The average Bonchev–Trinajstić information content (AvgIpc) is 2.35. The lowest BCUT2D eigenvalue weighted by Gasteiger charge is -2.12. The van der Waals surface area contributed by atoms with Crippen molar-refractivity contribution in [2.24, 2.45) is 0 Å². The molecule has 0 saturated heterocycles. The molecule has 1 aromatic heterocycles. The third kappa shape index (κ3) is 2.87. The molecule has 0 saturated carbocycles. The summed E-state index contributed by atoms with van der Waals surface area (Å²) < 4.78 is 0.671. The minimum absolute atomic E-state index is 0.377. The van der Waals surface area contributed by atoms with Crippen LogP contribution in [0.3, 0.4) is 0 Å². The molecule has 0 bridgehead atoms. The normalized spacial score (nSPS) is 10.5. The molecule has 0 amide bonds. The van der Waals surface area contributed by atoms with E-state index in [0.29, 0.717) is 19.7 Å². The van der Waals surface area contributed by atoms with Crippen molar-refractivity contribution in [1.82, 2.24) is 9.97 Å². The summed E-state index contributed by atoms with van der Waals surface area (Å²) in [5, 5.41) is 0.754. The molecule has 0 N–H and O–H groups in total. The second-order valence-electron chi connectivity index (χ2n) is 3.88. The lowest BCUT2D eigenvalue weighted by Crippen LogP contribution is -2.08. The lowest BCUT2D eigenvalue weighted by atomic mass is 10.2. The predicted molar refractivity (Wildman–Crippen MR) is 84.5 cm³/mol. The molecule has 0 spiro atoms. The second kappa shape index (κ2) is 5.59. The first-order chi connectivity index (χ1) is 8.49. The average molecular weight is 394 g/mol. The summed E-state index contributed by atoms with van der Waals surface area (Å²) >= 11 is 14.0. The monoisotopic (exact) mass is 393 g/mol. The number of anilines is 1. The molecule has 1 heterocycles. The largest absolute Gasteiger partial charge is 0.378 e. The molecular weight excluding hydrogens is 384 g/mol. The van der Waals surface area contributed by atoms with Crippen molar-refractivity contribution in [1.29, 1.82) is 0 Å². The number of hydrogen-bond acceptors (Lipinski definition) is 3. The van der Waals surface area contributed by atoms with Crippen LogP contribution in [-0.4, -0.2) is 24.1 Å². The van der Waals surface area contributed by atoms with Gasteiger partial charge in [-0.05, 0) is 46.9 Å². The molecule has 18 heavy (non-hydrogen) atoms. The van der Waals surface area contributed by atoms with Crippen LogP contribution in [0.1, 0.15) is 0 Å². The Labute approximate surface area is 129 Å². The highest BCUT2D eigenvalue weighted by Crippen LogP contribution is 2.27. The molecule has 0 unspecified atom stereocenters. The molecule has 1 aromatic carbocycles. The van der Waals surface area contributed by atoms with Crippen LogP contribution in [0.4, 0.5) is 5.69 Å². The highest BCUT2D eigenvalue weighted by Gasteiger charge is 2.10. The number of hydrogen-bond donors (Lipinski definition) is 0. The van der Waals surface area contributed by atoms with Gasteiger partial charge >= 0.3 is 0 Å². The van der Waals surface area contributed by atoms with Gasteiger partial charge in [0.1, 0.15) is 10.3 Å². The molecule has 0 aliphatic heterocycles. The zero-order valence-electron chi connectivity index (χ0n) is 9.78. The molecule has 94 valence electrons. The smallest absolute Gasteiger partial charge is 0.162 e. The molecule has 3 nitrogen and oxygen atoms in total. The van der Waals surface area contributed by atoms with Crippen molar-refractivity contribution < 1.29 is 0 Å². The van der Waals surface area contributed by atoms with E-state index in [4.69, 9.17) is 23.2 Å². The Balaban J connectivity index is 2.43. The van der Waals surface area contributed by atoms with Crippen molar-refractivity contribution in [2.75, 3.05) is 19.0 Å². The fourth-order valence-corrected chi connectivity index (χ4v) is 2.06. The number of benzene rings is 1. The van der Waals surface area contributed by atoms with E-state index in [1.165, 1.54) is 0 Å².